The first kappa shape index (κ1) is 9.89. The number of anilines is 1. The van der Waals surface area contributed by atoms with Crippen LogP contribution in [0.4, 0.5) is 5.82 Å². The van der Waals surface area contributed by atoms with Gasteiger partial charge in [0.1, 0.15) is 12.1 Å². The predicted molar refractivity (Wildman–Crippen MR) is 54.6 cm³/mol. The van der Waals surface area contributed by atoms with Gasteiger partial charge in [-0.2, -0.15) is 0 Å². The Morgan fingerprint density at radius 2 is 2.47 bits per heavy atom. The van der Waals surface area contributed by atoms with E-state index in [0.29, 0.717) is 6.54 Å². The Morgan fingerprint density at radius 3 is 3.13 bits per heavy atom. The molecule has 0 unspecified atom stereocenters. The van der Waals surface area contributed by atoms with Gasteiger partial charge < -0.3 is 10.0 Å². The molecule has 80 valence electrons. The summed E-state index contributed by atoms with van der Waals surface area (Å²) in [6, 6.07) is 1.81. The molecular weight excluding hydrogens is 194 g/mol. The highest BCUT2D eigenvalue weighted by Crippen LogP contribution is 2.20. The summed E-state index contributed by atoms with van der Waals surface area (Å²) in [5, 5.41) is 8.94. The molecule has 2 rings (SSSR count). The van der Waals surface area contributed by atoms with Gasteiger partial charge in [-0.05, 0) is 18.9 Å². The number of carbonyl (C=O) groups is 1. The number of rotatable bonds is 2. The Hall–Kier alpha value is -1.65. The van der Waals surface area contributed by atoms with E-state index < -0.39 is 5.97 Å². The standard InChI is InChI=1S/C10H13N3O2/c14-10(15)8-2-1-5-13(6-8)9-3-4-11-7-12-9/h3-4,7-8H,1-2,5-6H2,(H,14,15)/t8-/m0/s1. The van der Waals surface area contributed by atoms with Crippen LogP contribution in [0.1, 0.15) is 12.8 Å². The van der Waals surface area contributed by atoms with E-state index in [-0.39, 0.29) is 5.92 Å². The molecule has 1 N–H and O–H groups in total. The summed E-state index contributed by atoms with van der Waals surface area (Å²) in [7, 11) is 0. The van der Waals surface area contributed by atoms with E-state index in [4.69, 9.17) is 5.11 Å². The molecule has 0 amide bonds. The smallest absolute Gasteiger partial charge is 0.308 e. The summed E-state index contributed by atoms with van der Waals surface area (Å²) in [6.07, 6.45) is 4.82. The second-order valence-corrected chi connectivity index (χ2v) is 3.69. The van der Waals surface area contributed by atoms with Crippen LogP contribution in [-0.4, -0.2) is 34.1 Å². The second kappa shape index (κ2) is 4.25. The van der Waals surface area contributed by atoms with Crippen LogP contribution in [0.15, 0.2) is 18.6 Å². The maximum absolute atomic E-state index is 10.9. The quantitative estimate of drug-likeness (QED) is 0.776. The SMILES string of the molecule is O=C(O)[C@H]1CCCN(c2ccncn2)C1. The minimum atomic E-state index is -0.714. The van der Waals surface area contributed by atoms with Gasteiger partial charge in [0.15, 0.2) is 0 Å². The van der Waals surface area contributed by atoms with Gasteiger partial charge in [0.25, 0.3) is 0 Å². The van der Waals surface area contributed by atoms with Crippen molar-refractivity contribution >= 4 is 11.8 Å². The molecule has 1 fully saturated rings. The molecule has 0 radical (unpaired) electrons. The van der Waals surface area contributed by atoms with Crippen molar-refractivity contribution in [1.82, 2.24) is 9.97 Å². The first-order valence-electron chi connectivity index (χ1n) is 5.01. The zero-order valence-electron chi connectivity index (χ0n) is 8.33. The molecule has 0 aromatic carbocycles. The van der Waals surface area contributed by atoms with Crippen LogP contribution in [0, 0.1) is 5.92 Å². The van der Waals surface area contributed by atoms with Crippen LogP contribution < -0.4 is 4.90 Å². The Kier molecular flexibility index (Phi) is 2.80. The fourth-order valence-corrected chi connectivity index (χ4v) is 1.86. The third kappa shape index (κ3) is 2.23. The molecule has 0 aliphatic carbocycles. The lowest BCUT2D eigenvalue weighted by Crippen LogP contribution is -2.39. The zero-order valence-corrected chi connectivity index (χ0v) is 8.33. The molecule has 15 heavy (non-hydrogen) atoms. The molecule has 0 spiro atoms. The van der Waals surface area contributed by atoms with Crippen molar-refractivity contribution in [3.63, 3.8) is 0 Å². The van der Waals surface area contributed by atoms with E-state index in [0.717, 1.165) is 25.2 Å². The first-order valence-corrected chi connectivity index (χ1v) is 5.01. The van der Waals surface area contributed by atoms with Gasteiger partial charge in [-0.3, -0.25) is 4.79 Å². The number of carboxylic acid groups (broad SMARTS) is 1. The minimum absolute atomic E-state index is 0.270. The van der Waals surface area contributed by atoms with Crippen molar-refractivity contribution in [1.29, 1.82) is 0 Å². The molecule has 0 saturated carbocycles. The fraction of sp³-hybridized carbons (Fsp3) is 0.500. The highest BCUT2D eigenvalue weighted by Gasteiger charge is 2.25. The van der Waals surface area contributed by atoms with E-state index >= 15 is 0 Å². The Balaban J connectivity index is 2.08. The van der Waals surface area contributed by atoms with Crippen molar-refractivity contribution in [3.8, 4) is 0 Å². The van der Waals surface area contributed by atoms with Crippen LogP contribution >= 0.6 is 0 Å². The van der Waals surface area contributed by atoms with Gasteiger partial charge in [0, 0.05) is 19.3 Å². The van der Waals surface area contributed by atoms with E-state index in [1.54, 1.807) is 6.20 Å². The van der Waals surface area contributed by atoms with Gasteiger partial charge in [-0.25, -0.2) is 9.97 Å². The Bertz CT molecular complexity index is 342. The number of piperidine rings is 1. The van der Waals surface area contributed by atoms with Gasteiger partial charge in [0.2, 0.25) is 0 Å². The molecular formula is C10H13N3O2. The zero-order chi connectivity index (χ0) is 10.7. The first-order chi connectivity index (χ1) is 7.27. The van der Waals surface area contributed by atoms with Crippen molar-refractivity contribution in [2.75, 3.05) is 18.0 Å². The molecule has 5 heteroatoms. The van der Waals surface area contributed by atoms with Crippen LogP contribution in [-0.2, 0) is 4.79 Å². The van der Waals surface area contributed by atoms with E-state index in [9.17, 15) is 4.79 Å². The van der Waals surface area contributed by atoms with Crippen LogP contribution in [0.2, 0.25) is 0 Å². The van der Waals surface area contributed by atoms with Gasteiger partial charge in [-0.1, -0.05) is 0 Å². The van der Waals surface area contributed by atoms with Gasteiger partial charge in [0.05, 0.1) is 5.92 Å². The second-order valence-electron chi connectivity index (χ2n) is 3.69. The number of hydrogen-bond acceptors (Lipinski definition) is 4. The van der Waals surface area contributed by atoms with Crippen molar-refractivity contribution in [2.45, 2.75) is 12.8 Å². The summed E-state index contributed by atoms with van der Waals surface area (Å²) in [5.74, 6) is -0.168. The van der Waals surface area contributed by atoms with Gasteiger partial charge in [-0.15, -0.1) is 0 Å². The number of carboxylic acids is 1. The highest BCUT2D eigenvalue weighted by atomic mass is 16.4. The number of hydrogen-bond donors (Lipinski definition) is 1. The third-order valence-electron chi connectivity index (χ3n) is 2.66. The van der Waals surface area contributed by atoms with Crippen molar-refractivity contribution in [2.24, 2.45) is 5.92 Å². The molecule has 1 aliphatic rings. The summed E-state index contributed by atoms with van der Waals surface area (Å²) in [4.78, 5) is 20.8. The minimum Gasteiger partial charge on any atom is -0.481 e. The van der Waals surface area contributed by atoms with E-state index in [2.05, 4.69) is 9.97 Å². The predicted octanol–water partition coefficient (Wildman–Crippen LogP) is 0.778. The van der Waals surface area contributed by atoms with Crippen LogP contribution in [0.3, 0.4) is 0 Å². The molecule has 1 aromatic heterocycles. The third-order valence-corrected chi connectivity index (χ3v) is 2.66. The maximum atomic E-state index is 10.9. The molecule has 1 aromatic rings. The van der Waals surface area contributed by atoms with Crippen molar-refractivity contribution < 1.29 is 9.90 Å². The van der Waals surface area contributed by atoms with E-state index in [1.165, 1.54) is 6.33 Å². The number of aromatic nitrogens is 2. The Labute approximate surface area is 87.8 Å². The number of nitrogens with zero attached hydrogens (tertiary/aromatic N) is 3. The fourth-order valence-electron chi connectivity index (χ4n) is 1.86. The summed E-state index contributed by atoms with van der Waals surface area (Å²) in [5.41, 5.74) is 0. The summed E-state index contributed by atoms with van der Waals surface area (Å²) in [6.45, 7) is 1.42. The maximum Gasteiger partial charge on any atom is 0.308 e. The van der Waals surface area contributed by atoms with E-state index in [1.807, 2.05) is 11.0 Å². The topological polar surface area (TPSA) is 66.3 Å². The van der Waals surface area contributed by atoms with Crippen molar-refractivity contribution in [3.05, 3.63) is 18.6 Å². The lowest BCUT2D eigenvalue weighted by molar-refractivity contribution is -0.141. The average molecular weight is 207 g/mol. The van der Waals surface area contributed by atoms with Crippen LogP contribution in [0.5, 0.6) is 0 Å². The molecule has 2 heterocycles. The molecule has 1 saturated heterocycles. The highest BCUT2D eigenvalue weighted by molar-refractivity contribution is 5.71. The lowest BCUT2D eigenvalue weighted by Gasteiger charge is -2.31. The molecule has 5 nitrogen and oxygen atoms in total. The average Bonchev–Trinajstić information content (AvgIpc) is 2.30. The Morgan fingerprint density at radius 1 is 1.60 bits per heavy atom. The monoisotopic (exact) mass is 207 g/mol. The normalized spacial score (nSPS) is 21.3. The number of aliphatic carboxylic acids is 1. The lowest BCUT2D eigenvalue weighted by atomic mass is 9.98. The van der Waals surface area contributed by atoms with Gasteiger partial charge >= 0.3 is 5.97 Å². The largest absolute Gasteiger partial charge is 0.481 e. The molecule has 0 bridgehead atoms. The van der Waals surface area contributed by atoms with Crippen LogP contribution in [0.25, 0.3) is 0 Å². The summed E-state index contributed by atoms with van der Waals surface area (Å²) >= 11 is 0. The summed E-state index contributed by atoms with van der Waals surface area (Å²) < 4.78 is 0. The molecule has 1 aliphatic heterocycles. The molecule has 1 atom stereocenters.